The van der Waals surface area contributed by atoms with E-state index in [0.717, 1.165) is 32.6 Å². The van der Waals surface area contributed by atoms with Crippen LogP contribution in [0, 0.1) is 17.3 Å². The number of amides is 1. The molecular formula is C12H22N2O2. The highest BCUT2D eigenvalue weighted by Crippen LogP contribution is 2.37. The first-order chi connectivity index (χ1) is 7.60. The molecule has 1 unspecified atom stereocenters. The zero-order valence-corrected chi connectivity index (χ0v) is 10.2. The Hall–Kier alpha value is -0.610. The number of carbonyl (C=O) groups is 1. The third-order valence-corrected chi connectivity index (χ3v) is 4.22. The van der Waals surface area contributed by atoms with Gasteiger partial charge in [0, 0.05) is 32.2 Å². The van der Waals surface area contributed by atoms with E-state index in [1.807, 2.05) is 4.90 Å². The van der Waals surface area contributed by atoms with Crippen molar-refractivity contribution >= 4 is 5.91 Å². The van der Waals surface area contributed by atoms with Crippen LogP contribution in [0.4, 0.5) is 0 Å². The van der Waals surface area contributed by atoms with Crippen molar-refractivity contribution < 1.29 is 9.90 Å². The van der Waals surface area contributed by atoms with Gasteiger partial charge in [0.05, 0.1) is 5.41 Å². The molecule has 2 rings (SSSR count). The minimum atomic E-state index is -0.194. The van der Waals surface area contributed by atoms with E-state index in [1.54, 1.807) is 0 Å². The van der Waals surface area contributed by atoms with Crippen LogP contribution >= 0.6 is 0 Å². The van der Waals surface area contributed by atoms with Gasteiger partial charge in [0.2, 0.25) is 5.91 Å². The molecule has 0 saturated carbocycles. The van der Waals surface area contributed by atoms with Crippen LogP contribution in [-0.4, -0.2) is 48.7 Å². The van der Waals surface area contributed by atoms with Crippen LogP contribution < -0.4 is 5.32 Å². The van der Waals surface area contributed by atoms with Crippen molar-refractivity contribution in [3.8, 4) is 0 Å². The zero-order valence-electron chi connectivity index (χ0n) is 10.2. The lowest BCUT2D eigenvalue weighted by molar-refractivity contribution is -0.151. The molecule has 0 aromatic carbocycles. The number of nitrogens with one attached hydrogen (secondary N) is 1. The van der Waals surface area contributed by atoms with Crippen LogP contribution in [0.15, 0.2) is 0 Å². The number of nitrogens with zero attached hydrogens (tertiary/aromatic N) is 1. The van der Waals surface area contributed by atoms with Crippen LogP contribution in [0.25, 0.3) is 0 Å². The van der Waals surface area contributed by atoms with Crippen molar-refractivity contribution in [1.82, 2.24) is 10.2 Å². The number of hydrogen-bond donors (Lipinski definition) is 2. The molecule has 2 aliphatic rings. The monoisotopic (exact) mass is 226 g/mol. The van der Waals surface area contributed by atoms with Gasteiger partial charge in [-0.05, 0) is 18.9 Å². The normalized spacial score (nSPS) is 30.9. The number of aliphatic hydroxyl groups is 1. The molecule has 16 heavy (non-hydrogen) atoms. The number of rotatable bonds is 3. The Morgan fingerprint density at radius 1 is 1.56 bits per heavy atom. The predicted octanol–water partition coefficient (Wildman–Crippen LogP) is 0.0728. The van der Waals surface area contributed by atoms with Gasteiger partial charge in [-0.25, -0.2) is 0 Å². The van der Waals surface area contributed by atoms with Crippen molar-refractivity contribution in [3.63, 3.8) is 0 Å². The van der Waals surface area contributed by atoms with Gasteiger partial charge in [-0.1, -0.05) is 13.8 Å². The van der Waals surface area contributed by atoms with Gasteiger partial charge in [0.15, 0.2) is 0 Å². The molecule has 2 aliphatic heterocycles. The summed E-state index contributed by atoms with van der Waals surface area (Å²) in [7, 11) is 0. The van der Waals surface area contributed by atoms with Crippen molar-refractivity contribution in [2.75, 3.05) is 32.8 Å². The smallest absolute Gasteiger partial charge is 0.230 e. The lowest BCUT2D eigenvalue weighted by atomic mass is 9.74. The highest BCUT2D eigenvalue weighted by atomic mass is 16.3. The van der Waals surface area contributed by atoms with Crippen LogP contribution in [0.3, 0.4) is 0 Å². The fraction of sp³-hybridized carbons (Fsp3) is 0.917. The summed E-state index contributed by atoms with van der Waals surface area (Å²) in [6.45, 7) is 7.71. The molecule has 2 heterocycles. The Balaban J connectivity index is 2.02. The van der Waals surface area contributed by atoms with Gasteiger partial charge in [-0.15, -0.1) is 0 Å². The van der Waals surface area contributed by atoms with E-state index in [2.05, 4.69) is 19.2 Å². The predicted molar refractivity (Wildman–Crippen MR) is 61.9 cm³/mol. The molecule has 0 bridgehead atoms. The van der Waals surface area contributed by atoms with E-state index in [-0.39, 0.29) is 17.9 Å². The fourth-order valence-electron chi connectivity index (χ4n) is 2.80. The number of likely N-dealkylation sites (tertiary alicyclic amines) is 1. The van der Waals surface area contributed by atoms with Crippen LogP contribution in [0.2, 0.25) is 0 Å². The van der Waals surface area contributed by atoms with E-state index in [4.69, 9.17) is 5.11 Å². The van der Waals surface area contributed by atoms with Gasteiger partial charge < -0.3 is 15.3 Å². The summed E-state index contributed by atoms with van der Waals surface area (Å²) in [4.78, 5) is 14.4. The minimum absolute atomic E-state index is 0.194. The largest absolute Gasteiger partial charge is 0.396 e. The SMILES string of the molecule is CC(C)C1(C(=O)N2CC(CO)C2)CCNC1. The molecule has 2 N–H and O–H groups in total. The average Bonchev–Trinajstić information content (AvgIpc) is 2.65. The van der Waals surface area contributed by atoms with E-state index < -0.39 is 0 Å². The van der Waals surface area contributed by atoms with Gasteiger partial charge in [0.1, 0.15) is 0 Å². The standard InChI is InChI=1S/C12H22N2O2/c1-9(2)12(3-4-13-8-12)11(16)14-5-10(6-14)7-15/h9-10,13,15H,3-8H2,1-2H3. The maximum atomic E-state index is 12.5. The third kappa shape index (κ3) is 1.74. The van der Waals surface area contributed by atoms with Crippen molar-refractivity contribution in [2.24, 2.45) is 17.3 Å². The van der Waals surface area contributed by atoms with Crippen LogP contribution in [0.5, 0.6) is 0 Å². The molecule has 4 nitrogen and oxygen atoms in total. The zero-order chi connectivity index (χ0) is 11.8. The summed E-state index contributed by atoms with van der Waals surface area (Å²) in [5.74, 6) is 0.975. The van der Waals surface area contributed by atoms with Gasteiger partial charge in [-0.3, -0.25) is 4.79 Å². The molecule has 92 valence electrons. The molecule has 2 fully saturated rings. The number of hydrogen-bond acceptors (Lipinski definition) is 3. The summed E-state index contributed by atoms with van der Waals surface area (Å²) in [5.41, 5.74) is -0.194. The van der Waals surface area contributed by atoms with Gasteiger partial charge >= 0.3 is 0 Å². The molecule has 1 amide bonds. The van der Waals surface area contributed by atoms with E-state index in [0.29, 0.717) is 11.8 Å². The Kier molecular flexibility index (Phi) is 3.22. The molecule has 0 aromatic heterocycles. The molecule has 4 heteroatoms. The molecule has 0 radical (unpaired) electrons. The van der Waals surface area contributed by atoms with E-state index in [9.17, 15) is 4.79 Å². The third-order valence-electron chi connectivity index (χ3n) is 4.22. The molecule has 1 atom stereocenters. The fourth-order valence-corrected chi connectivity index (χ4v) is 2.80. The number of carbonyl (C=O) groups excluding carboxylic acids is 1. The number of aliphatic hydroxyl groups excluding tert-OH is 1. The summed E-state index contributed by atoms with van der Waals surface area (Å²) in [6, 6.07) is 0. The first-order valence-electron chi connectivity index (χ1n) is 6.21. The summed E-state index contributed by atoms with van der Waals surface area (Å²) >= 11 is 0. The highest BCUT2D eigenvalue weighted by molar-refractivity contribution is 5.84. The maximum Gasteiger partial charge on any atom is 0.230 e. The van der Waals surface area contributed by atoms with Crippen molar-refractivity contribution in [1.29, 1.82) is 0 Å². The Bertz CT molecular complexity index is 266. The topological polar surface area (TPSA) is 52.6 Å². The molecule has 0 aliphatic carbocycles. The summed E-state index contributed by atoms with van der Waals surface area (Å²) in [5, 5.41) is 12.3. The van der Waals surface area contributed by atoms with Crippen molar-refractivity contribution in [3.05, 3.63) is 0 Å². The quantitative estimate of drug-likeness (QED) is 0.716. The first-order valence-corrected chi connectivity index (χ1v) is 6.21. The van der Waals surface area contributed by atoms with Gasteiger partial charge in [-0.2, -0.15) is 0 Å². The lowest BCUT2D eigenvalue weighted by Gasteiger charge is -2.44. The average molecular weight is 226 g/mol. The lowest BCUT2D eigenvalue weighted by Crippen LogP contribution is -2.58. The van der Waals surface area contributed by atoms with Crippen LogP contribution in [-0.2, 0) is 4.79 Å². The molecule has 2 saturated heterocycles. The minimum Gasteiger partial charge on any atom is -0.396 e. The van der Waals surface area contributed by atoms with Crippen LogP contribution in [0.1, 0.15) is 20.3 Å². The Morgan fingerprint density at radius 3 is 2.69 bits per heavy atom. The Labute approximate surface area is 97.0 Å². The van der Waals surface area contributed by atoms with E-state index >= 15 is 0 Å². The summed E-state index contributed by atoms with van der Waals surface area (Å²) in [6.07, 6.45) is 0.948. The van der Waals surface area contributed by atoms with Gasteiger partial charge in [0.25, 0.3) is 0 Å². The highest BCUT2D eigenvalue weighted by Gasteiger charge is 2.48. The van der Waals surface area contributed by atoms with E-state index in [1.165, 1.54) is 0 Å². The second-order valence-electron chi connectivity index (χ2n) is 5.50. The molecule has 0 aromatic rings. The second kappa shape index (κ2) is 4.34. The van der Waals surface area contributed by atoms with Crippen molar-refractivity contribution in [2.45, 2.75) is 20.3 Å². The Morgan fingerprint density at radius 2 is 2.25 bits per heavy atom. The first kappa shape index (κ1) is 11.9. The molecule has 0 spiro atoms. The molecular weight excluding hydrogens is 204 g/mol. The summed E-state index contributed by atoms with van der Waals surface area (Å²) < 4.78 is 0. The maximum absolute atomic E-state index is 12.5. The second-order valence-corrected chi connectivity index (χ2v) is 5.50.